The van der Waals surface area contributed by atoms with Crippen LogP contribution in [0.15, 0.2) is 16.6 Å². The minimum atomic E-state index is -3.39. The molecule has 102 valence electrons. The summed E-state index contributed by atoms with van der Waals surface area (Å²) in [4.78, 5) is 0. The van der Waals surface area contributed by atoms with Crippen molar-refractivity contribution in [3.8, 4) is 0 Å². The quantitative estimate of drug-likeness (QED) is 0.615. The number of nitrogen functional groups attached to an aromatic ring is 1. The molecule has 0 saturated heterocycles. The minimum absolute atomic E-state index is 0.00971. The fourth-order valence-corrected chi connectivity index (χ4v) is 3.29. The van der Waals surface area contributed by atoms with E-state index in [4.69, 9.17) is 10.5 Å². The topological polar surface area (TPSA) is 81.4 Å². The molecule has 0 atom stereocenters. The van der Waals surface area contributed by atoms with Crippen molar-refractivity contribution in [2.24, 2.45) is 0 Å². The van der Waals surface area contributed by atoms with Crippen LogP contribution in [0.2, 0.25) is 0 Å². The lowest BCUT2D eigenvalue weighted by molar-refractivity contribution is 0.199. The maximum Gasteiger partial charge on any atom is 0.232 e. The van der Waals surface area contributed by atoms with Crippen LogP contribution in [-0.2, 0) is 14.8 Å². The van der Waals surface area contributed by atoms with Crippen LogP contribution in [0, 0.1) is 6.92 Å². The number of hydrogen-bond acceptors (Lipinski definition) is 4. The Morgan fingerprint density at radius 3 is 2.67 bits per heavy atom. The van der Waals surface area contributed by atoms with Gasteiger partial charge in [-0.1, -0.05) is 15.9 Å². The van der Waals surface area contributed by atoms with Crippen LogP contribution in [-0.4, -0.2) is 27.9 Å². The maximum atomic E-state index is 11.8. The van der Waals surface area contributed by atoms with Gasteiger partial charge < -0.3 is 10.5 Å². The predicted molar refractivity (Wildman–Crippen MR) is 77.2 cm³/mol. The molecule has 5 nitrogen and oxygen atoms in total. The normalized spacial score (nSPS) is 11.5. The lowest BCUT2D eigenvalue weighted by atomic mass is 10.2. The SMILES string of the molecule is COCCCS(=O)(=O)Nc1c(C)cc(Br)cc1N. The molecule has 0 amide bonds. The third kappa shape index (κ3) is 4.47. The van der Waals surface area contributed by atoms with Gasteiger partial charge in [-0.05, 0) is 31.0 Å². The standard InChI is InChI=1S/C11H17BrN2O3S/c1-8-6-9(12)7-10(13)11(8)14-18(15,16)5-3-4-17-2/h6-7,14H,3-5,13H2,1-2H3. The molecule has 0 unspecified atom stereocenters. The van der Waals surface area contributed by atoms with Gasteiger partial charge in [0.1, 0.15) is 0 Å². The summed E-state index contributed by atoms with van der Waals surface area (Å²) in [5, 5.41) is 0. The summed E-state index contributed by atoms with van der Waals surface area (Å²) in [7, 11) is -1.85. The van der Waals surface area contributed by atoms with Gasteiger partial charge in [-0.3, -0.25) is 4.72 Å². The lowest BCUT2D eigenvalue weighted by Crippen LogP contribution is -2.19. The number of aryl methyl sites for hydroxylation is 1. The number of benzene rings is 1. The molecule has 0 radical (unpaired) electrons. The highest BCUT2D eigenvalue weighted by atomic mass is 79.9. The molecule has 1 aromatic rings. The molecule has 18 heavy (non-hydrogen) atoms. The Balaban J connectivity index is 2.84. The summed E-state index contributed by atoms with van der Waals surface area (Å²) >= 11 is 3.30. The van der Waals surface area contributed by atoms with Crippen LogP contribution in [0.4, 0.5) is 11.4 Å². The summed E-state index contributed by atoms with van der Waals surface area (Å²) in [6, 6.07) is 3.48. The summed E-state index contributed by atoms with van der Waals surface area (Å²) in [6.07, 6.45) is 0.446. The van der Waals surface area contributed by atoms with Crippen molar-refractivity contribution in [2.45, 2.75) is 13.3 Å². The van der Waals surface area contributed by atoms with E-state index in [1.807, 2.05) is 6.07 Å². The number of rotatable bonds is 6. The molecule has 0 aliphatic heterocycles. The van der Waals surface area contributed by atoms with Gasteiger partial charge in [-0.25, -0.2) is 8.42 Å². The first-order chi connectivity index (χ1) is 8.35. The molecule has 1 aromatic carbocycles. The van der Waals surface area contributed by atoms with Crippen LogP contribution < -0.4 is 10.5 Å². The van der Waals surface area contributed by atoms with Crippen molar-refractivity contribution < 1.29 is 13.2 Å². The molecule has 0 saturated carbocycles. The van der Waals surface area contributed by atoms with Crippen molar-refractivity contribution in [2.75, 3.05) is 29.9 Å². The van der Waals surface area contributed by atoms with Crippen molar-refractivity contribution >= 4 is 37.3 Å². The Bertz CT molecular complexity index is 494. The molecule has 0 heterocycles. The zero-order valence-electron chi connectivity index (χ0n) is 10.4. The second kappa shape index (κ2) is 6.40. The molecule has 0 aliphatic rings. The number of nitrogens with two attached hydrogens (primary N) is 1. The summed E-state index contributed by atoms with van der Waals surface area (Å²) < 4.78 is 31.8. The third-order valence-electron chi connectivity index (χ3n) is 2.35. The second-order valence-electron chi connectivity index (χ2n) is 3.95. The number of hydrogen-bond donors (Lipinski definition) is 2. The first-order valence-electron chi connectivity index (χ1n) is 5.41. The zero-order chi connectivity index (χ0) is 13.8. The van der Waals surface area contributed by atoms with E-state index in [-0.39, 0.29) is 5.75 Å². The first-order valence-corrected chi connectivity index (χ1v) is 7.85. The molecule has 7 heteroatoms. The smallest absolute Gasteiger partial charge is 0.232 e. The van der Waals surface area contributed by atoms with Gasteiger partial charge in [-0.15, -0.1) is 0 Å². The van der Waals surface area contributed by atoms with E-state index in [9.17, 15) is 8.42 Å². The second-order valence-corrected chi connectivity index (χ2v) is 6.71. The highest BCUT2D eigenvalue weighted by molar-refractivity contribution is 9.10. The zero-order valence-corrected chi connectivity index (χ0v) is 12.8. The van der Waals surface area contributed by atoms with Gasteiger partial charge in [0.2, 0.25) is 10.0 Å². The van der Waals surface area contributed by atoms with Gasteiger partial charge >= 0.3 is 0 Å². The van der Waals surface area contributed by atoms with Gasteiger partial charge in [0.25, 0.3) is 0 Å². The fraction of sp³-hybridized carbons (Fsp3) is 0.455. The van der Waals surface area contributed by atoms with Crippen LogP contribution >= 0.6 is 15.9 Å². The molecule has 0 spiro atoms. The van der Waals surface area contributed by atoms with Gasteiger partial charge in [0.15, 0.2) is 0 Å². The predicted octanol–water partition coefficient (Wildman–Crippen LogP) is 2.12. The highest BCUT2D eigenvalue weighted by Gasteiger charge is 2.14. The van der Waals surface area contributed by atoms with Crippen molar-refractivity contribution in [3.63, 3.8) is 0 Å². The van der Waals surface area contributed by atoms with E-state index in [0.717, 1.165) is 10.0 Å². The average molecular weight is 337 g/mol. The van der Waals surface area contributed by atoms with E-state index in [1.54, 1.807) is 13.0 Å². The lowest BCUT2D eigenvalue weighted by Gasteiger charge is -2.13. The molecule has 0 fully saturated rings. The van der Waals surface area contributed by atoms with E-state index in [2.05, 4.69) is 20.7 Å². The Kier molecular flexibility index (Phi) is 5.43. The van der Waals surface area contributed by atoms with Gasteiger partial charge in [-0.2, -0.15) is 0 Å². The van der Waals surface area contributed by atoms with Crippen molar-refractivity contribution in [3.05, 3.63) is 22.2 Å². The Labute approximate surface area is 116 Å². The number of anilines is 2. The number of halogens is 1. The number of nitrogens with one attached hydrogen (secondary N) is 1. The van der Waals surface area contributed by atoms with Crippen LogP contribution in [0.25, 0.3) is 0 Å². The summed E-state index contributed by atoms with van der Waals surface area (Å²) in [5.41, 5.74) is 7.42. The van der Waals surface area contributed by atoms with E-state index >= 15 is 0 Å². The summed E-state index contributed by atoms with van der Waals surface area (Å²) in [6.45, 7) is 2.21. The van der Waals surface area contributed by atoms with Gasteiger partial charge in [0, 0.05) is 18.2 Å². The van der Waals surface area contributed by atoms with E-state index in [0.29, 0.717) is 24.4 Å². The fourth-order valence-electron chi connectivity index (χ4n) is 1.51. The molecule has 3 N–H and O–H groups in total. The maximum absolute atomic E-state index is 11.8. The van der Waals surface area contributed by atoms with Crippen molar-refractivity contribution in [1.29, 1.82) is 0 Å². The van der Waals surface area contributed by atoms with Crippen molar-refractivity contribution in [1.82, 2.24) is 0 Å². The molecule has 0 aliphatic carbocycles. The Morgan fingerprint density at radius 1 is 1.44 bits per heavy atom. The Hall–Kier alpha value is -0.790. The number of ether oxygens (including phenoxy) is 1. The third-order valence-corrected chi connectivity index (χ3v) is 4.15. The minimum Gasteiger partial charge on any atom is -0.397 e. The van der Waals surface area contributed by atoms with Crippen LogP contribution in [0.1, 0.15) is 12.0 Å². The van der Waals surface area contributed by atoms with E-state index in [1.165, 1.54) is 7.11 Å². The Morgan fingerprint density at radius 2 is 2.11 bits per heavy atom. The monoisotopic (exact) mass is 336 g/mol. The molecule has 1 rings (SSSR count). The molecular weight excluding hydrogens is 320 g/mol. The highest BCUT2D eigenvalue weighted by Crippen LogP contribution is 2.28. The summed E-state index contributed by atoms with van der Waals surface area (Å²) in [5.74, 6) is 0.00971. The molecular formula is C11H17BrN2O3S. The van der Waals surface area contributed by atoms with Crippen LogP contribution in [0.3, 0.4) is 0 Å². The van der Waals surface area contributed by atoms with E-state index < -0.39 is 10.0 Å². The molecule has 0 aromatic heterocycles. The number of sulfonamides is 1. The first kappa shape index (κ1) is 15.3. The largest absolute Gasteiger partial charge is 0.397 e. The van der Waals surface area contributed by atoms with Gasteiger partial charge in [0.05, 0.1) is 17.1 Å². The molecule has 0 bridgehead atoms. The number of methoxy groups -OCH3 is 1. The average Bonchev–Trinajstić information content (AvgIpc) is 2.23. The van der Waals surface area contributed by atoms with Crippen LogP contribution in [0.5, 0.6) is 0 Å².